The molecule has 0 spiro atoms. The maximum absolute atomic E-state index is 11.3. The Kier molecular flexibility index (Phi) is 3.61. The molecule has 0 amide bonds. The summed E-state index contributed by atoms with van der Waals surface area (Å²) in [5.41, 5.74) is -2.94. The van der Waals surface area contributed by atoms with Crippen LogP contribution in [0.15, 0.2) is 0 Å². The number of carbonyl (C=O) groups is 2. The Morgan fingerprint density at radius 3 is 1.86 bits per heavy atom. The van der Waals surface area contributed by atoms with E-state index < -0.39 is 23.1 Å². The van der Waals surface area contributed by atoms with E-state index in [0.29, 0.717) is 0 Å². The number of hydrogen-bond donors (Lipinski definition) is 2. The molecule has 0 aromatic carbocycles. The first-order chi connectivity index (χ1) is 6.13. The smallest absolute Gasteiger partial charge is 0.352 e. The highest BCUT2D eigenvalue weighted by Crippen LogP contribution is 2.16. The molecule has 14 heavy (non-hydrogen) atoms. The van der Waals surface area contributed by atoms with Crippen molar-refractivity contribution in [3.63, 3.8) is 0 Å². The number of esters is 1. The average molecular weight is 205 g/mol. The maximum atomic E-state index is 11.3. The molecule has 0 aliphatic rings. The molecular weight excluding hydrogens is 190 g/mol. The van der Waals surface area contributed by atoms with Crippen molar-refractivity contribution in [3.8, 4) is 0 Å². The van der Waals surface area contributed by atoms with Crippen LogP contribution in [-0.2, 0) is 19.2 Å². The molecule has 0 heterocycles. The fourth-order valence-electron chi connectivity index (χ4n) is 0.561. The summed E-state index contributed by atoms with van der Waals surface area (Å²) in [7, 11) is 0. The molecule has 6 heteroatoms. The molecule has 0 fully saturated rings. The van der Waals surface area contributed by atoms with Gasteiger partial charge in [-0.3, -0.25) is 4.84 Å². The lowest BCUT2D eigenvalue weighted by molar-refractivity contribution is -0.193. The summed E-state index contributed by atoms with van der Waals surface area (Å²) >= 11 is 0. The Bertz CT molecular complexity index is 245. The number of nitrogens with two attached hydrogens (primary N) is 1. The van der Waals surface area contributed by atoms with Gasteiger partial charge in [0.1, 0.15) is 5.60 Å². The van der Waals surface area contributed by atoms with Crippen LogP contribution in [0.5, 0.6) is 0 Å². The third-order valence-electron chi connectivity index (χ3n) is 1.43. The quantitative estimate of drug-likeness (QED) is 0.384. The molecule has 0 saturated carbocycles. The Morgan fingerprint density at radius 2 is 1.64 bits per heavy atom. The van der Waals surface area contributed by atoms with Crippen molar-refractivity contribution in [2.45, 2.75) is 38.9 Å². The summed E-state index contributed by atoms with van der Waals surface area (Å²) in [5, 5.41) is 8.69. The second kappa shape index (κ2) is 3.93. The molecule has 0 saturated heterocycles. The standard InChI is InChI=1S/C8H15NO5/c1-7(2,3)13-6(12)8(4,14-9)5(10)11/h9H2,1-4H3,(H,10,11). The molecule has 0 aromatic rings. The van der Waals surface area contributed by atoms with Crippen molar-refractivity contribution in [1.82, 2.24) is 0 Å². The van der Waals surface area contributed by atoms with Crippen molar-refractivity contribution in [1.29, 1.82) is 0 Å². The first-order valence-corrected chi connectivity index (χ1v) is 3.98. The monoisotopic (exact) mass is 205 g/mol. The van der Waals surface area contributed by atoms with E-state index >= 15 is 0 Å². The van der Waals surface area contributed by atoms with Crippen LogP contribution in [0.2, 0.25) is 0 Å². The summed E-state index contributed by atoms with van der Waals surface area (Å²) in [5.74, 6) is 2.23. The minimum Gasteiger partial charge on any atom is -0.479 e. The zero-order valence-corrected chi connectivity index (χ0v) is 8.66. The second-order valence-corrected chi connectivity index (χ2v) is 3.96. The Morgan fingerprint density at radius 1 is 1.21 bits per heavy atom. The van der Waals surface area contributed by atoms with E-state index in [1.165, 1.54) is 0 Å². The minimum absolute atomic E-state index is 0.785. The van der Waals surface area contributed by atoms with Gasteiger partial charge >= 0.3 is 11.9 Å². The van der Waals surface area contributed by atoms with Crippen LogP contribution in [0.25, 0.3) is 0 Å². The number of rotatable bonds is 3. The highest BCUT2D eigenvalue weighted by atomic mass is 16.7. The highest BCUT2D eigenvalue weighted by molar-refractivity contribution is 6.02. The fourth-order valence-corrected chi connectivity index (χ4v) is 0.561. The van der Waals surface area contributed by atoms with Crippen LogP contribution < -0.4 is 5.90 Å². The highest BCUT2D eigenvalue weighted by Gasteiger charge is 2.46. The van der Waals surface area contributed by atoms with E-state index in [9.17, 15) is 9.59 Å². The number of carboxylic acids is 1. The third-order valence-corrected chi connectivity index (χ3v) is 1.43. The normalized spacial score (nSPS) is 15.8. The van der Waals surface area contributed by atoms with Gasteiger partial charge in [0.25, 0.3) is 5.60 Å². The van der Waals surface area contributed by atoms with Crippen molar-refractivity contribution < 1.29 is 24.3 Å². The van der Waals surface area contributed by atoms with Crippen LogP contribution in [0.4, 0.5) is 0 Å². The van der Waals surface area contributed by atoms with Gasteiger partial charge in [-0.15, -0.1) is 0 Å². The lowest BCUT2D eigenvalue weighted by atomic mass is 10.1. The number of carbonyl (C=O) groups excluding carboxylic acids is 1. The van der Waals surface area contributed by atoms with Crippen molar-refractivity contribution in [2.24, 2.45) is 5.90 Å². The summed E-state index contributed by atoms with van der Waals surface area (Å²) in [6, 6.07) is 0. The lowest BCUT2D eigenvalue weighted by Crippen LogP contribution is -2.51. The SMILES string of the molecule is CC(C)(C)OC(=O)C(C)(ON)C(=O)O. The molecule has 0 aliphatic carbocycles. The topological polar surface area (TPSA) is 98.9 Å². The molecule has 0 bridgehead atoms. The van der Waals surface area contributed by atoms with E-state index in [4.69, 9.17) is 15.7 Å². The minimum atomic E-state index is -2.16. The maximum Gasteiger partial charge on any atom is 0.352 e. The number of aliphatic carboxylic acids is 1. The van der Waals surface area contributed by atoms with E-state index in [1.807, 2.05) is 0 Å². The van der Waals surface area contributed by atoms with Crippen LogP contribution in [-0.4, -0.2) is 28.2 Å². The number of carboxylic acid groups (broad SMARTS) is 1. The zero-order chi connectivity index (χ0) is 11.6. The molecule has 0 radical (unpaired) electrons. The number of hydrogen-bond acceptors (Lipinski definition) is 5. The van der Waals surface area contributed by atoms with Crippen molar-refractivity contribution in [3.05, 3.63) is 0 Å². The van der Waals surface area contributed by atoms with Gasteiger partial charge in [0.05, 0.1) is 0 Å². The van der Waals surface area contributed by atoms with Gasteiger partial charge in [0.15, 0.2) is 0 Å². The van der Waals surface area contributed by atoms with Crippen molar-refractivity contribution >= 4 is 11.9 Å². The van der Waals surface area contributed by atoms with Crippen molar-refractivity contribution in [2.75, 3.05) is 0 Å². The summed E-state index contributed by atoms with van der Waals surface area (Å²) in [6.45, 7) is 5.88. The summed E-state index contributed by atoms with van der Waals surface area (Å²) in [6.07, 6.45) is 0. The zero-order valence-electron chi connectivity index (χ0n) is 8.66. The van der Waals surface area contributed by atoms with Gasteiger partial charge in [-0.2, -0.15) is 0 Å². The molecule has 0 aromatic heterocycles. The molecule has 3 N–H and O–H groups in total. The molecule has 82 valence electrons. The second-order valence-electron chi connectivity index (χ2n) is 3.96. The predicted octanol–water partition coefficient (Wildman–Crippen LogP) is 0.0617. The molecule has 6 nitrogen and oxygen atoms in total. The van der Waals surface area contributed by atoms with Gasteiger partial charge in [0, 0.05) is 0 Å². The predicted molar refractivity (Wildman–Crippen MR) is 47.2 cm³/mol. The van der Waals surface area contributed by atoms with E-state index in [-0.39, 0.29) is 0 Å². The third kappa shape index (κ3) is 2.97. The van der Waals surface area contributed by atoms with Gasteiger partial charge in [-0.25, -0.2) is 15.5 Å². The Labute approximate surface area is 81.9 Å². The van der Waals surface area contributed by atoms with Gasteiger partial charge in [-0.1, -0.05) is 0 Å². The van der Waals surface area contributed by atoms with Crippen LogP contribution >= 0.6 is 0 Å². The van der Waals surface area contributed by atoms with Gasteiger partial charge < -0.3 is 9.84 Å². The Hall–Kier alpha value is -1.14. The summed E-state index contributed by atoms with van der Waals surface area (Å²) < 4.78 is 4.83. The average Bonchev–Trinajstić information content (AvgIpc) is 1.99. The molecule has 1 atom stereocenters. The van der Waals surface area contributed by atoms with E-state index in [1.54, 1.807) is 20.8 Å². The molecular formula is C8H15NO5. The van der Waals surface area contributed by atoms with Gasteiger partial charge in [-0.05, 0) is 27.7 Å². The van der Waals surface area contributed by atoms with E-state index in [2.05, 4.69) is 4.84 Å². The first-order valence-electron chi connectivity index (χ1n) is 3.98. The molecule has 0 rings (SSSR count). The first kappa shape index (κ1) is 12.9. The molecule has 1 unspecified atom stereocenters. The largest absolute Gasteiger partial charge is 0.479 e. The van der Waals surface area contributed by atoms with Crippen LogP contribution in [0, 0.1) is 0 Å². The number of ether oxygens (including phenoxy) is 1. The van der Waals surface area contributed by atoms with Crippen LogP contribution in [0.3, 0.4) is 0 Å². The lowest BCUT2D eigenvalue weighted by Gasteiger charge is -2.26. The van der Waals surface area contributed by atoms with E-state index in [0.717, 1.165) is 6.92 Å². The summed E-state index contributed by atoms with van der Waals surface area (Å²) in [4.78, 5) is 26.2. The fraction of sp³-hybridized carbons (Fsp3) is 0.750. The Balaban J connectivity index is 4.73. The van der Waals surface area contributed by atoms with Crippen LogP contribution in [0.1, 0.15) is 27.7 Å². The molecule has 0 aliphatic heterocycles. The van der Waals surface area contributed by atoms with Gasteiger partial charge in [0.2, 0.25) is 0 Å².